The van der Waals surface area contributed by atoms with Gasteiger partial charge >= 0.3 is 5.97 Å². The molecule has 0 saturated carbocycles. The summed E-state index contributed by atoms with van der Waals surface area (Å²) in [4.78, 5) is 19.6. The predicted molar refractivity (Wildman–Crippen MR) is 71.9 cm³/mol. The minimum atomic E-state index is -0.395. The van der Waals surface area contributed by atoms with Crippen molar-refractivity contribution in [2.45, 2.75) is 13.8 Å². The third-order valence-corrected chi connectivity index (χ3v) is 2.66. The molecular formula is C14H15N3O2. The highest BCUT2D eigenvalue weighted by Gasteiger charge is 2.03. The number of rotatable bonds is 3. The third-order valence-electron chi connectivity index (χ3n) is 2.66. The summed E-state index contributed by atoms with van der Waals surface area (Å²) in [5.41, 5.74) is 3.50. The number of pyridine rings is 1. The highest BCUT2D eigenvalue weighted by atomic mass is 16.5. The molecule has 98 valence electrons. The van der Waals surface area contributed by atoms with Gasteiger partial charge in [0.2, 0.25) is 0 Å². The van der Waals surface area contributed by atoms with Crippen LogP contribution in [0.15, 0.2) is 30.7 Å². The summed E-state index contributed by atoms with van der Waals surface area (Å²) in [6.45, 7) is 3.85. The van der Waals surface area contributed by atoms with Gasteiger partial charge in [0.1, 0.15) is 0 Å². The number of hydrogen-bond donors (Lipinski definition) is 0. The molecule has 0 unspecified atom stereocenters. The zero-order valence-electron chi connectivity index (χ0n) is 11.1. The van der Waals surface area contributed by atoms with Crippen LogP contribution in [0.2, 0.25) is 0 Å². The van der Waals surface area contributed by atoms with E-state index in [2.05, 4.69) is 14.7 Å². The molecule has 0 atom stereocenters. The van der Waals surface area contributed by atoms with Crippen molar-refractivity contribution in [2.75, 3.05) is 7.11 Å². The fourth-order valence-electron chi connectivity index (χ4n) is 1.71. The smallest absolute Gasteiger partial charge is 0.330 e. The molecule has 5 heteroatoms. The van der Waals surface area contributed by atoms with Crippen molar-refractivity contribution in [1.82, 2.24) is 14.5 Å². The standard InChI is InChI=1S/C14H15N3O2/c1-10-8-17(9-15-10)13-6-4-12(16-11(13)2)5-7-14(18)19-3/h4-9H,1-3H3/b7-5+. The molecular weight excluding hydrogens is 242 g/mol. The number of hydrogen-bond acceptors (Lipinski definition) is 4. The van der Waals surface area contributed by atoms with Crippen LogP contribution in [0.1, 0.15) is 17.1 Å². The number of nitrogens with zero attached hydrogens (tertiary/aromatic N) is 3. The van der Waals surface area contributed by atoms with Crippen molar-refractivity contribution in [3.05, 3.63) is 47.8 Å². The summed E-state index contributed by atoms with van der Waals surface area (Å²) < 4.78 is 6.45. The quantitative estimate of drug-likeness (QED) is 0.624. The van der Waals surface area contributed by atoms with E-state index < -0.39 is 5.97 Å². The van der Waals surface area contributed by atoms with E-state index in [4.69, 9.17) is 0 Å². The number of imidazole rings is 1. The van der Waals surface area contributed by atoms with Crippen molar-refractivity contribution in [3.8, 4) is 5.69 Å². The molecule has 5 nitrogen and oxygen atoms in total. The number of aromatic nitrogens is 3. The molecule has 0 N–H and O–H groups in total. The van der Waals surface area contributed by atoms with Gasteiger partial charge in [-0.15, -0.1) is 0 Å². The van der Waals surface area contributed by atoms with Gasteiger partial charge in [0.15, 0.2) is 0 Å². The topological polar surface area (TPSA) is 57.0 Å². The Bertz CT molecular complexity index is 629. The van der Waals surface area contributed by atoms with Crippen molar-refractivity contribution < 1.29 is 9.53 Å². The van der Waals surface area contributed by atoms with Gasteiger partial charge in [0.05, 0.1) is 36.2 Å². The molecule has 0 saturated heterocycles. The Kier molecular flexibility index (Phi) is 3.75. The molecule has 0 aromatic carbocycles. The van der Waals surface area contributed by atoms with E-state index in [9.17, 15) is 4.79 Å². The lowest BCUT2D eigenvalue weighted by molar-refractivity contribution is -0.134. The van der Waals surface area contributed by atoms with Crippen LogP contribution in [0.25, 0.3) is 11.8 Å². The Hall–Kier alpha value is -2.43. The van der Waals surface area contributed by atoms with Gasteiger partial charge in [-0.1, -0.05) is 0 Å². The van der Waals surface area contributed by atoms with Crippen LogP contribution >= 0.6 is 0 Å². The van der Waals surface area contributed by atoms with Crippen LogP contribution in [-0.2, 0) is 9.53 Å². The Morgan fingerprint density at radius 1 is 1.37 bits per heavy atom. The van der Waals surface area contributed by atoms with Gasteiger partial charge in [-0.25, -0.2) is 9.78 Å². The molecule has 2 aromatic heterocycles. The van der Waals surface area contributed by atoms with Gasteiger partial charge in [0, 0.05) is 12.3 Å². The maximum Gasteiger partial charge on any atom is 0.330 e. The SMILES string of the molecule is COC(=O)/C=C/c1ccc(-n2cnc(C)c2)c(C)n1. The van der Waals surface area contributed by atoms with E-state index in [0.29, 0.717) is 5.69 Å². The number of aryl methyl sites for hydroxylation is 2. The number of methoxy groups -OCH3 is 1. The van der Waals surface area contributed by atoms with E-state index >= 15 is 0 Å². The first kappa shape index (κ1) is 13.0. The minimum absolute atomic E-state index is 0.395. The zero-order chi connectivity index (χ0) is 13.8. The normalized spacial score (nSPS) is 10.9. The van der Waals surface area contributed by atoms with Crippen LogP contribution in [0, 0.1) is 13.8 Å². The van der Waals surface area contributed by atoms with E-state index in [1.54, 1.807) is 12.4 Å². The summed E-state index contributed by atoms with van der Waals surface area (Å²) in [7, 11) is 1.34. The number of ether oxygens (including phenoxy) is 1. The van der Waals surface area contributed by atoms with Crippen LogP contribution in [0.5, 0.6) is 0 Å². The number of carbonyl (C=O) groups is 1. The Morgan fingerprint density at radius 3 is 2.74 bits per heavy atom. The summed E-state index contributed by atoms with van der Waals surface area (Å²) in [5.74, 6) is -0.395. The lowest BCUT2D eigenvalue weighted by Gasteiger charge is -2.06. The predicted octanol–water partition coefficient (Wildman–Crippen LogP) is 2.07. The second-order valence-electron chi connectivity index (χ2n) is 4.12. The van der Waals surface area contributed by atoms with Crippen molar-refractivity contribution in [2.24, 2.45) is 0 Å². The second-order valence-corrected chi connectivity index (χ2v) is 4.12. The Balaban J connectivity index is 2.27. The lowest BCUT2D eigenvalue weighted by atomic mass is 10.2. The van der Waals surface area contributed by atoms with Crippen LogP contribution in [0.4, 0.5) is 0 Å². The van der Waals surface area contributed by atoms with Crippen molar-refractivity contribution in [3.63, 3.8) is 0 Å². The molecule has 0 aliphatic rings. The number of esters is 1. The average molecular weight is 257 g/mol. The maximum absolute atomic E-state index is 11.0. The molecule has 0 aliphatic heterocycles. The summed E-state index contributed by atoms with van der Waals surface area (Å²) in [6, 6.07) is 3.79. The van der Waals surface area contributed by atoms with Crippen molar-refractivity contribution >= 4 is 12.0 Å². The first-order chi connectivity index (χ1) is 9.10. The Morgan fingerprint density at radius 2 is 2.16 bits per heavy atom. The van der Waals surface area contributed by atoms with Gasteiger partial charge < -0.3 is 9.30 Å². The summed E-state index contributed by atoms with van der Waals surface area (Å²) in [5, 5.41) is 0. The molecule has 19 heavy (non-hydrogen) atoms. The largest absolute Gasteiger partial charge is 0.466 e. The van der Waals surface area contributed by atoms with E-state index in [1.807, 2.05) is 36.7 Å². The van der Waals surface area contributed by atoms with Crippen LogP contribution in [0.3, 0.4) is 0 Å². The number of carbonyl (C=O) groups excluding carboxylic acids is 1. The van der Waals surface area contributed by atoms with E-state index in [0.717, 1.165) is 17.1 Å². The van der Waals surface area contributed by atoms with Gasteiger partial charge in [-0.05, 0) is 32.1 Å². The molecule has 0 amide bonds. The molecule has 0 radical (unpaired) electrons. The molecule has 2 aromatic rings. The molecule has 0 fully saturated rings. The summed E-state index contributed by atoms with van der Waals surface area (Å²) in [6.07, 6.45) is 6.67. The van der Waals surface area contributed by atoms with Gasteiger partial charge in [0.25, 0.3) is 0 Å². The van der Waals surface area contributed by atoms with Gasteiger partial charge in [-0.2, -0.15) is 0 Å². The highest BCUT2D eigenvalue weighted by Crippen LogP contribution is 2.14. The minimum Gasteiger partial charge on any atom is -0.466 e. The second kappa shape index (κ2) is 5.48. The molecule has 2 heterocycles. The van der Waals surface area contributed by atoms with Crippen molar-refractivity contribution in [1.29, 1.82) is 0 Å². The summed E-state index contributed by atoms with van der Waals surface area (Å²) >= 11 is 0. The first-order valence-electron chi connectivity index (χ1n) is 5.85. The fraction of sp³-hybridized carbons (Fsp3) is 0.214. The monoisotopic (exact) mass is 257 g/mol. The molecule has 2 rings (SSSR count). The fourth-order valence-corrected chi connectivity index (χ4v) is 1.71. The Labute approximate surface area is 111 Å². The van der Waals surface area contributed by atoms with Gasteiger partial charge in [-0.3, -0.25) is 4.98 Å². The molecule has 0 bridgehead atoms. The lowest BCUT2D eigenvalue weighted by Crippen LogP contribution is -1.98. The maximum atomic E-state index is 11.0. The van der Waals surface area contributed by atoms with Crippen LogP contribution in [-0.4, -0.2) is 27.6 Å². The average Bonchev–Trinajstić information content (AvgIpc) is 2.82. The van der Waals surface area contributed by atoms with E-state index in [-0.39, 0.29) is 0 Å². The van der Waals surface area contributed by atoms with E-state index in [1.165, 1.54) is 13.2 Å². The molecule has 0 aliphatic carbocycles. The first-order valence-corrected chi connectivity index (χ1v) is 5.85. The molecule has 0 spiro atoms. The highest BCUT2D eigenvalue weighted by molar-refractivity contribution is 5.86. The zero-order valence-corrected chi connectivity index (χ0v) is 11.1. The third kappa shape index (κ3) is 3.07. The van der Waals surface area contributed by atoms with Crippen LogP contribution < -0.4 is 0 Å².